The van der Waals surface area contributed by atoms with Crippen LogP contribution < -0.4 is 0 Å². The number of carbonyl (C=O) groups is 1. The molecule has 1 aliphatic carbocycles. The molecule has 3 aromatic rings. The fraction of sp³-hybridized carbons (Fsp3) is 0.421. The lowest BCUT2D eigenvalue weighted by atomic mass is 10.1. The summed E-state index contributed by atoms with van der Waals surface area (Å²) < 4.78 is 16.6. The smallest absolute Gasteiger partial charge is 0.339 e. The van der Waals surface area contributed by atoms with Gasteiger partial charge in [-0.15, -0.1) is 0 Å². The molecule has 0 bridgehead atoms. The first kappa shape index (κ1) is 15.9. The number of fused-ring (bicyclic) bond motifs is 1. The largest absolute Gasteiger partial charge is 0.466 e. The van der Waals surface area contributed by atoms with E-state index in [9.17, 15) is 4.79 Å². The van der Waals surface area contributed by atoms with Crippen molar-refractivity contribution in [3.05, 3.63) is 34.9 Å². The van der Waals surface area contributed by atoms with E-state index in [0.29, 0.717) is 28.1 Å². The van der Waals surface area contributed by atoms with Crippen LogP contribution in [-0.2, 0) is 4.74 Å². The minimum Gasteiger partial charge on any atom is -0.466 e. The average molecular weight is 340 g/mol. The Hall–Kier alpha value is -2.63. The van der Waals surface area contributed by atoms with Gasteiger partial charge >= 0.3 is 5.97 Å². The summed E-state index contributed by atoms with van der Waals surface area (Å²) in [5.41, 5.74) is 2.88. The first-order chi connectivity index (χ1) is 12.0. The lowest BCUT2D eigenvalue weighted by Gasteiger charge is -2.12. The third-order valence-corrected chi connectivity index (χ3v) is 4.73. The van der Waals surface area contributed by atoms with Gasteiger partial charge in [0.15, 0.2) is 0 Å². The van der Waals surface area contributed by atoms with E-state index in [4.69, 9.17) is 13.7 Å². The van der Waals surface area contributed by atoms with Gasteiger partial charge in [0.05, 0.1) is 22.3 Å². The van der Waals surface area contributed by atoms with E-state index in [1.807, 2.05) is 19.9 Å². The molecule has 1 saturated carbocycles. The Morgan fingerprint density at radius 1 is 1.20 bits per heavy atom. The van der Waals surface area contributed by atoms with Gasteiger partial charge in [-0.3, -0.25) is 0 Å². The Balaban J connectivity index is 1.82. The highest BCUT2D eigenvalue weighted by Crippen LogP contribution is 2.31. The van der Waals surface area contributed by atoms with E-state index in [-0.39, 0.29) is 12.1 Å². The quantitative estimate of drug-likeness (QED) is 0.653. The van der Waals surface area contributed by atoms with Crippen molar-refractivity contribution in [2.75, 3.05) is 0 Å². The molecule has 0 amide bonds. The van der Waals surface area contributed by atoms with Gasteiger partial charge < -0.3 is 13.7 Å². The molecule has 6 nitrogen and oxygen atoms in total. The topological polar surface area (TPSA) is 78.4 Å². The highest BCUT2D eigenvalue weighted by Gasteiger charge is 2.25. The summed E-state index contributed by atoms with van der Waals surface area (Å²) in [5.74, 6) is 1.19. The number of pyridine rings is 1. The third kappa shape index (κ3) is 2.81. The van der Waals surface area contributed by atoms with Gasteiger partial charge in [-0.2, -0.15) is 0 Å². The molecular formula is C19H20N2O4. The molecule has 1 aliphatic rings. The maximum atomic E-state index is 12.8. The minimum atomic E-state index is -0.343. The highest BCUT2D eigenvalue weighted by molar-refractivity contribution is 6.04. The number of ether oxygens (including phenoxy) is 1. The molecule has 0 aromatic carbocycles. The monoisotopic (exact) mass is 340 g/mol. The van der Waals surface area contributed by atoms with Gasteiger partial charge in [0.25, 0.3) is 5.71 Å². The second kappa shape index (κ2) is 6.02. The van der Waals surface area contributed by atoms with Crippen LogP contribution in [0.3, 0.4) is 0 Å². The number of aryl methyl sites for hydroxylation is 3. The molecule has 25 heavy (non-hydrogen) atoms. The molecule has 0 spiro atoms. The summed E-state index contributed by atoms with van der Waals surface area (Å²) in [4.78, 5) is 17.3. The predicted octanol–water partition coefficient (Wildman–Crippen LogP) is 4.51. The van der Waals surface area contributed by atoms with E-state index in [1.165, 1.54) is 0 Å². The molecule has 1 fully saturated rings. The number of hydrogen-bond donors (Lipinski definition) is 0. The van der Waals surface area contributed by atoms with Gasteiger partial charge in [-0.1, -0.05) is 5.16 Å². The number of furan rings is 1. The number of carbonyl (C=O) groups excluding carboxylic acids is 1. The lowest BCUT2D eigenvalue weighted by molar-refractivity contribution is 0.0320. The molecule has 0 atom stereocenters. The molecule has 0 radical (unpaired) electrons. The Morgan fingerprint density at radius 2 is 1.96 bits per heavy atom. The summed E-state index contributed by atoms with van der Waals surface area (Å²) in [7, 11) is 0. The van der Waals surface area contributed by atoms with Crippen LogP contribution in [0.1, 0.15) is 53.3 Å². The molecule has 0 unspecified atom stereocenters. The van der Waals surface area contributed by atoms with E-state index in [0.717, 1.165) is 42.8 Å². The normalized spacial score (nSPS) is 15.2. The third-order valence-electron chi connectivity index (χ3n) is 4.73. The van der Waals surface area contributed by atoms with Crippen molar-refractivity contribution in [2.24, 2.45) is 0 Å². The number of aromatic nitrogens is 2. The van der Waals surface area contributed by atoms with Crippen LogP contribution >= 0.6 is 0 Å². The second-order valence-corrected chi connectivity index (χ2v) is 6.64. The van der Waals surface area contributed by atoms with E-state index >= 15 is 0 Å². The van der Waals surface area contributed by atoms with Crippen molar-refractivity contribution >= 4 is 17.1 Å². The SMILES string of the molecule is Cc1cc(-c2cc(C(=O)OC3CCCC3)c3c(C)noc3n2)c(C)o1. The zero-order valence-corrected chi connectivity index (χ0v) is 14.6. The molecule has 4 rings (SSSR count). The number of esters is 1. The molecular weight excluding hydrogens is 320 g/mol. The van der Waals surface area contributed by atoms with Crippen molar-refractivity contribution < 1.29 is 18.5 Å². The van der Waals surface area contributed by atoms with Crippen LogP contribution in [0.4, 0.5) is 0 Å². The van der Waals surface area contributed by atoms with Crippen molar-refractivity contribution in [3.63, 3.8) is 0 Å². The van der Waals surface area contributed by atoms with Crippen LogP contribution in [0.25, 0.3) is 22.4 Å². The summed E-state index contributed by atoms with van der Waals surface area (Å²) >= 11 is 0. The Kier molecular flexibility index (Phi) is 3.82. The van der Waals surface area contributed by atoms with Crippen molar-refractivity contribution in [1.29, 1.82) is 0 Å². The summed E-state index contributed by atoms with van der Waals surface area (Å²) in [5, 5.41) is 4.58. The van der Waals surface area contributed by atoms with Crippen molar-refractivity contribution in [1.82, 2.24) is 10.1 Å². The summed E-state index contributed by atoms with van der Waals surface area (Å²) in [6, 6.07) is 3.65. The van der Waals surface area contributed by atoms with Crippen LogP contribution in [0.2, 0.25) is 0 Å². The first-order valence-corrected chi connectivity index (χ1v) is 8.58. The van der Waals surface area contributed by atoms with Crippen molar-refractivity contribution in [2.45, 2.75) is 52.6 Å². The van der Waals surface area contributed by atoms with Crippen LogP contribution in [0.5, 0.6) is 0 Å². The van der Waals surface area contributed by atoms with E-state index in [2.05, 4.69) is 10.1 Å². The van der Waals surface area contributed by atoms with Crippen LogP contribution in [-0.4, -0.2) is 22.2 Å². The number of hydrogen-bond acceptors (Lipinski definition) is 6. The second-order valence-electron chi connectivity index (χ2n) is 6.64. The molecule has 0 aliphatic heterocycles. The maximum absolute atomic E-state index is 12.8. The summed E-state index contributed by atoms with van der Waals surface area (Å²) in [6.45, 7) is 5.55. The standard InChI is InChI=1S/C19H20N2O4/c1-10-8-14(12(3)23-10)16-9-15(17-11(2)21-25-18(17)20-16)19(22)24-13-6-4-5-7-13/h8-9,13H,4-7H2,1-3H3. The lowest BCUT2D eigenvalue weighted by Crippen LogP contribution is -2.15. The van der Waals surface area contributed by atoms with Gasteiger partial charge in [-0.05, 0) is 58.6 Å². The Morgan fingerprint density at radius 3 is 2.64 bits per heavy atom. The van der Waals surface area contributed by atoms with Gasteiger partial charge in [0, 0.05) is 5.56 Å². The zero-order chi connectivity index (χ0) is 17.6. The number of rotatable bonds is 3. The maximum Gasteiger partial charge on any atom is 0.339 e. The molecule has 0 saturated heterocycles. The Bertz CT molecular complexity index is 948. The van der Waals surface area contributed by atoms with Crippen LogP contribution in [0, 0.1) is 20.8 Å². The molecule has 0 N–H and O–H groups in total. The van der Waals surface area contributed by atoms with Gasteiger partial charge in [-0.25, -0.2) is 9.78 Å². The zero-order valence-electron chi connectivity index (χ0n) is 14.6. The fourth-order valence-electron chi connectivity index (χ4n) is 3.50. The van der Waals surface area contributed by atoms with E-state index in [1.54, 1.807) is 13.0 Å². The molecule has 6 heteroatoms. The molecule has 130 valence electrons. The summed E-state index contributed by atoms with van der Waals surface area (Å²) in [6.07, 6.45) is 4.06. The van der Waals surface area contributed by atoms with E-state index < -0.39 is 0 Å². The van der Waals surface area contributed by atoms with Gasteiger partial charge in [0.2, 0.25) is 0 Å². The minimum absolute atomic E-state index is 0.00256. The van der Waals surface area contributed by atoms with Gasteiger partial charge in [0.1, 0.15) is 17.6 Å². The molecule has 3 aromatic heterocycles. The predicted molar refractivity (Wildman–Crippen MR) is 91.4 cm³/mol. The first-order valence-electron chi connectivity index (χ1n) is 8.58. The highest BCUT2D eigenvalue weighted by atomic mass is 16.5. The Labute approximate surface area is 145 Å². The fourth-order valence-corrected chi connectivity index (χ4v) is 3.50. The number of nitrogens with zero attached hydrogens (tertiary/aromatic N) is 2. The van der Waals surface area contributed by atoms with Crippen molar-refractivity contribution in [3.8, 4) is 11.3 Å². The van der Waals surface area contributed by atoms with Crippen LogP contribution in [0.15, 0.2) is 21.1 Å². The average Bonchev–Trinajstić information content (AvgIpc) is 3.28. The molecule has 3 heterocycles.